The normalized spacial score (nSPS) is 9.95. The van der Waals surface area contributed by atoms with E-state index >= 15 is 0 Å². The van der Waals surface area contributed by atoms with Crippen molar-refractivity contribution < 1.29 is 14.0 Å². The third-order valence-electron chi connectivity index (χ3n) is 2.88. The first-order valence-corrected chi connectivity index (χ1v) is 6.50. The number of benzene rings is 2. The van der Waals surface area contributed by atoms with Crippen LogP contribution in [0.5, 0.6) is 0 Å². The second-order valence-corrected chi connectivity index (χ2v) is 4.42. The molecule has 108 valence electrons. The van der Waals surface area contributed by atoms with Crippen molar-refractivity contribution in [1.82, 2.24) is 10.6 Å². The number of halogens is 1. The number of carbonyl (C=O) groups is 2. The topological polar surface area (TPSA) is 58.2 Å². The van der Waals surface area contributed by atoms with Gasteiger partial charge in [0.05, 0.1) is 6.54 Å². The van der Waals surface area contributed by atoms with Gasteiger partial charge in [-0.2, -0.15) is 0 Å². The van der Waals surface area contributed by atoms with Crippen LogP contribution in [0.25, 0.3) is 0 Å². The van der Waals surface area contributed by atoms with Crippen LogP contribution in [0.2, 0.25) is 0 Å². The fourth-order valence-electron chi connectivity index (χ4n) is 1.75. The van der Waals surface area contributed by atoms with E-state index in [1.807, 2.05) is 0 Å². The molecule has 2 aromatic rings. The predicted octanol–water partition coefficient (Wildman–Crippen LogP) is 1.87. The molecule has 0 radical (unpaired) electrons. The molecule has 5 heteroatoms. The highest BCUT2D eigenvalue weighted by Crippen LogP contribution is 2.05. The lowest BCUT2D eigenvalue weighted by atomic mass is 10.2. The Morgan fingerprint density at radius 3 is 2.29 bits per heavy atom. The van der Waals surface area contributed by atoms with Gasteiger partial charge in [-0.05, 0) is 18.2 Å². The van der Waals surface area contributed by atoms with Crippen molar-refractivity contribution in [2.75, 3.05) is 6.54 Å². The van der Waals surface area contributed by atoms with E-state index in [9.17, 15) is 14.0 Å². The summed E-state index contributed by atoms with van der Waals surface area (Å²) >= 11 is 0. The third kappa shape index (κ3) is 4.42. The lowest BCUT2D eigenvalue weighted by molar-refractivity contribution is -0.120. The van der Waals surface area contributed by atoms with E-state index in [0.717, 1.165) is 0 Å². The first-order valence-electron chi connectivity index (χ1n) is 6.50. The van der Waals surface area contributed by atoms with Crippen LogP contribution < -0.4 is 10.6 Å². The van der Waals surface area contributed by atoms with Crippen LogP contribution in [-0.4, -0.2) is 18.4 Å². The van der Waals surface area contributed by atoms with E-state index in [-0.39, 0.29) is 30.7 Å². The van der Waals surface area contributed by atoms with Crippen LogP contribution in [0.4, 0.5) is 4.39 Å². The maximum Gasteiger partial charge on any atom is 0.251 e. The summed E-state index contributed by atoms with van der Waals surface area (Å²) < 4.78 is 13.4. The van der Waals surface area contributed by atoms with Gasteiger partial charge in [-0.15, -0.1) is 0 Å². The van der Waals surface area contributed by atoms with E-state index in [2.05, 4.69) is 10.6 Å². The Morgan fingerprint density at radius 2 is 1.57 bits per heavy atom. The molecule has 2 amide bonds. The van der Waals surface area contributed by atoms with E-state index in [0.29, 0.717) is 11.1 Å². The lowest BCUT2D eigenvalue weighted by Gasteiger charge is -2.07. The van der Waals surface area contributed by atoms with Crippen molar-refractivity contribution in [3.63, 3.8) is 0 Å². The highest BCUT2D eigenvalue weighted by molar-refractivity contribution is 5.96. The predicted molar refractivity (Wildman–Crippen MR) is 77.0 cm³/mol. The van der Waals surface area contributed by atoms with E-state index < -0.39 is 0 Å². The average molecular weight is 286 g/mol. The van der Waals surface area contributed by atoms with Crippen molar-refractivity contribution in [2.24, 2.45) is 0 Å². The molecule has 0 heterocycles. The standard InChI is InChI=1S/C16H15FN2O2/c17-14-9-5-4-8-13(14)10-18-15(20)11-19-16(21)12-6-2-1-3-7-12/h1-9H,10-11H2,(H,18,20)(H,19,21). The first-order chi connectivity index (χ1) is 10.2. The van der Waals surface area contributed by atoms with Crippen molar-refractivity contribution in [2.45, 2.75) is 6.54 Å². The number of carbonyl (C=O) groups excluding carboxylic acids is 2. The van der Waals surface area contributed by atoms with E-state index in [1.165, 1.54) is 6.07 Å². The Hall–Kier alpha value is -2.69. The zero-order valence-electron chi connectivity index (χ0n) is 11.3. The molecule has 0 spiro atoms. The number of amides is 2. The lowest BCUT2D eigenvalue weighted by Crippen LogP contribution is -2.36. The van der Waals surface area contributed by atoms with E-state index in [4.69, 9.17) is 0 Å². The first kappa shape index (κ1) is 14.7. The van der Waals surface area contributed by atoms with Crippen molar-refractivity contribution in [3.8, 4) is 0 Å². The summed E-state index contributed by atoms with van der Waals surface area (Å²) in [4.78, 5) is 23.3. The van der Waals surface area contributed by atoms with Gasteiger partial charge in [-0.1, -0.05) is 36.4 Å². The Bertz CT molecular complexity index is 629. The second-order valence-electron chi connectivity index (χ2n) is 4.42. The Balaban J connectivity index is 1.78. The second kappa shape index (κ2) is 7.19. The minimum atomic E-state index is -0.373. The van der Waals surface area contributed by atoms with Crippen molar-refractivity contribution in [1.29, 1.82) is 0 Å². The van der Waals surface area contributed by atoms with Gasteiger partial charge in [0, 0.05) is 17.7 Å². The molecule has 2 aromatic carbocycles. The zero-order chi connectivity index (χ0) is 15.1. The molecule has 2 N–H and O–H groups in total. The summed E-state index contributed by atoms with van der Waals surface area (Å²) in [5, 5.41) is 5.06. The fourth-order valence-corrected chi connectivity index (χ4v) is 1.75. The van der Waals surface area contributed by atoms with Gasteiger partial charge in [-0.3, -0.25) is 9.59 Å². The smallest absolute Gasteiger partial charge is 0.251 e. The third-order valence-corrected chi connectivity index (χ3v) is 2.88. The molecule has 0 aliphatic rings. The molecule has 2 rings (SSSR count). The molecule has 0 atom stereocenters. The molecule has 21 heavy (non-hydrogen) atoms. The monoisotopic (exact) mass is 286 g/mol. The summed E-state index contributed by atoms with van der Waals surface area (Å²) in [6, 6.07) is 14.8. The molecule has 4 nitrogen and oxygen atoms in total. The van der Waals surface area contributed by atoms with Gasteiger partial charge in [0.25, 0.3) is 5.91 Å². The van der Waals surface area contributed by atoms with Gasteiger partial charge in [-0.25, -0.2) is 4.39 Å². The highest BCUT2D eigenvalue weighted by Gasteiger charge is 2.08. The van der Waals surface area contributed by atoms with Gasteiger partial charge in [0.2, 0.25) is 5.91 Å². The largest absolute Gasteiger partial charge is 0.350 e. The minimum Gasteiger partial charge on any atom is -0.350 e. The summed E-state index contributed by atoms with van der Waals surface area (Å²) in [7, 11) is 0. The molecule has 0 saturated carbocycles. The van der Waals surface area contributed by atoms with Crippen LogP contribution in [0.15, 0.2) is 54.6 Å². The van der Waals surface area contributed by atoms with Crippen LogP contribution in [0, 0.1) is 5.82 Å². The molecule has 0 aliphatic heterocycles. The summed E-state index contributed by atoms with van der Waals surface area (Å²) in [5.41, 5.74) is 0.889. The molecule has 0 aliphatic carbocycles. The Kier molecular flexibility index (Phi) is 5.04. The van der Waals surface area contributed by atoms with Crippen molar-refractivity contribution >= 4 is 11.8 Å². The summed E-state index contributed by atoms with van der Waals surface area (Å²) in [5.74, 6) is -1.06. The van der Waals surface area contributed by atoms with Crippen molar-refractivity contribution in [3.05, 3.63) is 71.5 Å². The minimum absolute atomic E-state index is 0.0900. The number of hydrogen-bond donors (Lipinski definition) is 2. The van der Waals surface area contributed by atoms with Crippen LogP contribution >= 0.6 is 0 Å². The van der Waals surface area contributed by atoms with Crippen LogP contribution in [0.1, 0.15) is 15.9 Å². The fraction of sp³-hybridized carbons (Fsp3) is 0.125. The van der Waals surface area contributed by atoms with Gasteiger partial charge in [0.1, 0.15) is 5.82 Å². The average Bonchev–Trinajstić information content (AvgIpc) is 2.52. The Labute approximate surface area is 122 Å². The maximum absolute atomic E-state index is 13.4. The van der Waals surface area contributed by atoms with Gasteiger partial charge >= 0.3 is 0 Å². The van der Waals surface area contributed by atoms with Crippen LogP contribution in [0.3, 0.4) is 0 Å². The van der Waals surface area contributed by atoms with Crippen LogP contribution in [-0.2, 0) is 11.3 Å². The number of hydrogen-bond acceptors (Lipinski definition) is 2. The van der Waals surface area contributed by atoms with Gasteiger partial charge < -0.3 is 10.6 Å². The SMILES string of the molecule is O=C(CNC(=O)c1ccccc1)NCc1ccccc1F. The van der Waals surface area contributed by atoms with E-state index in [1.54, 1.807) is 48.5 Å². The molecule has 0 aromatic heterocycles. The molecule has 0 bridgehead atoms. The number of nitrogens with one attached hydrogen (secondary N) is 2. The zero-order valence-corrected chi connectivity index (χ0v) is 11.3. The highest BCUT2D eigenvalue weighted by atomic mass is 19.1. The molecular weight excluding hydrogens is 271 g/mol. The molecule has 0 saturated heterocycles. The number of rotatable bonds is 5. The molecule has 0 fully saturated rings. The molecule has 0 unspecified atom stereocenters. The quantitative estimate of drug-likeness (QED) is 0.881. The Morgan fingerprint density at radius 1 is 0.905 bits per heavy atom. The molecular formula is C16H15FN2O2. The maximum atomic E-state index is 13.4. The summed E-state index contributed by atoms with van der Waals surface area (Å²) in [6.45, 7) is -0.0606. The summed E-state index contributed by atoms with van der Waals surface area (Å²) in [6.07, 6.45) is 0. The van der Waals surface area contributed by atoms with Gasteiger partial charge in [0.15, 0.2) is 0 Å².